The van der Waals surface area contributed by atoms with Crippen LogP contribution in [-0.2, 0) is 0 Å². The van der Waals surface area contributed by atoms with Crippen LogP contribution < -0.4 is 4.74 Å². The van der Waals surface area contributed by atoms with Crippen molar-refractivity contribution in [1.82, 2.24) is 4.90 Å². The van der Waals surface area contributed by atoms with Crippen molar-refractivity contribution in [3.63, 3.8) is 0 Å². The molecule has 23 heavy (non-hydrogen) atoms. The number of hydrogen-bond donors (Lipinski definition) is 0. The van der Waals surface area contributed by atoms with Crippen LogP contribution in [0.2, 0.25) is 0 Å². The third-order valence-corrected chi connectivity index (χ3v) is 4.31. The monoisotopic (exact) mass is 310 g/mol. The predicted molar refractivity (Wildman–Crippen MR) is 87.1 cm³/mol. The van der Waals surface area contributed by atoms with Gasteiger partial charge in [0.1, 0.15) is 17.3 Å². The van der Waals surface area contributed by atoms with E-state index in [0.29, 0.717) is 11.7 Å². The van der Waals surface area contributed by atoms with Crippen molar-refractivity contribution in [3.05, 3.63) is 59.4 Å². The van der Waals surface area contributed by atoms with Crippen molar-refractivity contribution < 1.29 is 9.13 Å². The lowest BCUT2D eigenvalue weighted by Crippen LogP contribution is -2.29. The Morgan fingerprint density at radius 2 is 1.91 bits per heavy atom. The maximum atomic E-state index is 13.6. The zero-order chi connectivity index (χ0) is 16.2. The van der Waals surface area contributed by atoms with Gasteiger partial charge in [0.15, 0.2) is 0 Å². The molecule has 0 aromatic heterocycles. The maximum absolute atomic E-state index is 13.6. The third-order valence-electron chi connectivity index (χ3n) is 4.31. The van der Waals surface area contributed by atoms with E-state index in [9.17, 15) is 4.39 Å². The molecule has 0 N–H and O–H groups in total. The van der Waals surface area contributed by atoms with Crippen LogP contribution >= 0.6 is 0 Å². The fourth-order valence-corrected chi connectivity index (χ4v) is 3.04. The van der Waals surface area contributed by atoms with Crippen molar-refractivity contribution in [2.24, 2.45) is 0 Å². The first-order chi connectivity index (χ1) is 11.2. The Bertz CT molecular complexity index is 730. The standard InChI is InChI=1S/C19H19FN2O/c1-22-8-6-15(7-9-22)18-4-2-3-5-19(18)23-17-11-14(13-21)10-16(20)12-17/h2-5,10-12,15H,6-9H2,1H3. The molecule has 3 nitrogen and oxygen atoms in total. The van der Waals surface area contributed by atoms with Gasteiger partial charge in [-0.1, -0.05) is 18.2 Å². The molecule has 1 heterocycles. The second kappa shape index (κ2) is 6.80. The minimum atomic E-state index is -0.462. The average molecular weight is 310 g/mol. The summed E-state index contributed by atoms with van der Waals surface area (Å²) in [5.74, 6) is 1.10. The summed E-state index contributed by atoms with van der Waals surface area (Å²) in [6, 6.07) is 13.9. The van der Waals surface area contributed by atoms with E-state index in [-0.39, 0.29) is 5.56 Å². The number of piperidine rings is 1. The number of nitrogens with zero attached hydrogens (tertiary/aromatic N) is 2. The molecule has 0 bridgehead atoms. The average Bonchev–Trinajstić information content (AvgIpc) is 2.56. The van der Waals surface area contributed by atoms with Crippen LogP contribution in [0.4, 0.5) is 4.39 Å². The number of rotatable bonds is 3. The first-order valence-electron chi connectivity index (χ1n) is 7.82. The number of hydrogen-bond acceptors (Lipinski definition) is 3. The summed E-state index contributed by atoms with van der Waals surface area (Å²) >= 11 is 0. The van der Waals surface area contributed by atoms with Crippen molar-refractivity contribution in [3.8, 4) is 17.6 Å². The Kier molecular flexibility index (Phi) is 4.59. The molecule has 0 aliphatic carbocycles. The highest BCUT2D eigenvalue weighted by molar-refractivity contribution is 5.43. The van der Waals surface area contributed by atoms with Crippen molar-refractivity contribution >= 4 is 0 Å². The number of halogens is 1. The van der Waals surface area contributed by atoms with Crippen molar-refractivity contribution in [1.29, 1.82) is 5.26 Å². The van der Waals surface area contributed by atoms with Gasteiger partial charge < -0.3 is 9.64 Å². The summed E-state index contributed by atoms with van der Waals surface area (Å²) in [5.41, 5.74) is 1.42. The summed E-state index contributed by atoms with van der Waals surface area (Å²) < 4.78 is 19.5. The van der Waals surface area contributed by atoms with E-state index >= 15 is 0 Å². The summed E-state index contributed by atoms with van der Waals surface area (Å²) in [7, 11) is 2.13. The molecule has 2 aromatic carbocycles. The molecule has 3 rings (SSSR count). The summed E-state index contributed by atoms with van der Waals surface area (Å²) in [6.07, 6.45) is 2.17. The Morgan fingerprint density at radius 1 is 1.17 bits per heavy atom. The Balaban J connectivity index is 1.86. The summed E-state index contributed by atoms with van der Waals surface area (Å²) in [4.78, 5) is 2.33. The minimum Gasteiger partial charge on any atom is -0.457 e. The highest BCUT2D eigenvalue weighted by Crippen LogP contribution is 2.36. The van der Waals surface area contributed by atoms with Gasteiger partial charge in [-0.15, -0.1) is 0 Å². The lowest BCUT2D eigenvalue weighted by molar-refractivity contribution is 0.253. The number of para-hydroxylation sites is 1. The van der Waals surface area contributed by atoms with Gasteiger partial charge in [-0.3, -0.25) is 0 Å². The minimum absolute atomic E-state index is 0.261. The van der Waals surface area contributed by atoms with Gasteiger partial charge in [-0.25, -0.2) is 4.39 Å². The van der Waals surface area contributed by atoms with Gasteiger partial charge in [0.05, 0.1) is 11.6 Å². The highest BCUT2D eigenvalue weighted by Gasteiger charge is 2.21. The molecule has 0 spiro atoms. The van der Waals surface area contributed by atoms with Gasteiger partial charge in [0.25, 0.3) is 0 Å². The molecule has 0 atom stereocenters. The van der Waals surface area contributed by atoms with Crippen molar-refractivity contribution in [2.75, 3.05) is 20.1 Å². The van der Waals surface area contributed by atoms with E-state index < -0.39 is 5.82 Å². The topological polar surface area (TPSA) is 36.3 Å². The van der Waals surface area contributed by atoms with Crippen LogP contribution in [0.25, 0.3) is 0 Å². The molecule has 1 aliphatic heterocycles. The van der Waals surface area contributed by atoms with Crippen LogP contribution in [0.5, 0.6) is 11.5 Å². The van der Waals surface area contributed by atoms with Crippen LogP contribution in [0, 0.1) is 17.1 Å². The number of nitriles is 1. The zero-order valence-corrected chi connectivity index (χ0v) is 13.1. The smallest absolute Gasteiger partial charge is 0.131 e. The first-order valence-corrected chi connectivity index (χ1v) is 7.82. The van der Waals surface area contributed by atoms with E-state index in [1.807, 2.05) is 24.3 Å². The third kappa shape index (κ3) is 3.69. The Morgan fingerprint density at radius 3 is 2.65 bits per heavy atom. The second-order valence-electron chi connectivity index (χ2n) is 6.00. The normalized spacial score (nSPS) is 16.0. The van der Waals surface area contributed by atoms with E-state index in [1.165, 1.54) is 12.1 Å². The Labute approximate surface area is 135 Å². The van der Waals surface area contributed by atoms with E-state index in [4.69, 9.17) is 10.00 Å². The highest BCUT2D eigenvalue weighted by atomic mass is 19.1. The predicted octanol–water partition coefficient (Wildman–Crippen LogP) is 4.30. The molecule has 0 saturated carbocycles. The molecule has 0 unspecified atom stereocenters. The molecule has 1 aliphatic rings. The second-order valence-corrected chi connectivity index (χ2v) is 6.00. The molecular weight excluding hydrogens is 291 g/mol. The van der Waals surface area contributed by atoms with Crippen LogP contribution in [0.1, 0.15) is 29.9 Å². The number of benzene rings is 2. The molecule has 4 heteroatoms. The SMILES string of the molecule is CN1CCC(c2ccccc2Oc2cc(F)cc(C#N)c2)CC1. The fourth-order valence-electron chi connectivity index (χ4n) is 3.04. The van der Waals surface area contributed by atoms with Gasteiger partial charge in [0, 0.05) is 6.07 Å². The van der Waals surface area contributed by atoms with E-state index in [0.717, 1.165) is 37.2 Å². The lowest BCUT2D eigenvalue weighted by Gasteiger charge is -2.30. The largest absolute Gasteiger partial charge is 0.457 e. The van der Waals surface area contributed by atoms with Crippen LogP contribution in [-0.4, -0.2) is 25.0 Å². The molecule has 2 aromatic rings. The molecule has 0 radical (unpaired) electrons. The van der Waals surface area contributed by atoms with Crippen LogP contribution in [0.3, 0.4) is 0 Å². The quantitative estimate of drug-likeness (QED) is 0.848. The van der Waals surface area contributed by atoms with Crippen molar-refractivity contribution in [2.45, 2.75) is 18.8 Å². The summed E-state index contributed by atoms with van der Waals surface area (Å²) in [5, 5.41) is 8.96. The van der Waals surface area contributed by atoms with Crippen LogP contribution in [0.15, 0.2) is 42.5 Å². The Hall–Kier alpha value is -2.38. The summed E-state index contributed by atoms with van der Waals surface area (Å²) in [6.45, 7) is 2.13. The molecule has 0 amide bonds. The lowest BCUT2D eigenvalue weighted by atomic mass is 9.89. The van der Waals surface area contributed by atoms with Gasteiger partial charge >= 0.3 is 0 Å². The molecule has 1 saturated heterocycles. The maximum Gasteiger partial charge on any atom is 0.131 e. The van der Waals surface area contributed by atoms with Gasteiger partial charge in [-0.2, -0.15) is 5.26 Å². The zero-order valence-electron chi connectivity index (χ0n) is 13.1. The molecular formula is C19H19FN2O. The number of ether oxygens (including phenoxy) is 1. The van der Waals surface area contributed by atoms with E-state index in [2.05, 4.69) is 18.0 Å². The molecule has 118 valence electrons. The van der Waals surface area contributed by atoms with Gasteiger partial charge in [0.2, 0.25) is 0 Å². The first kappa shape index (κ1) is 15.5. The van der Waals surface area contributed by atoms with Gasteiger partial charge in [-0.05, 0) is 62.7 Å². The fraction of sp³-hybridized carbons (Fsp3) is 0.316. The number of likely N-dealkylation sites (tertiary alicyclic amines) is 1. The van der Waals surface area contributed by atoms with E-state index in [1.54, 1.807) is 6.07 Å². The molecule has 1 fully saturated rings.